The zero-order chi connectivity index (χ0) is 22.9. The monoisotopic (exact) mass is 441 g/mol. The van der Waals surface area contributed by atoms with E-state index in [1.807, 2.05) is 0 Å². The van der Waals surface area contributed by atoms with Crippen molar-refractivity contribution in [2.75, 3.05) is 40.3 Å². The minimum absolute atomic E-state index is 0.0601. The predicted octanol–water partition coefficient (Wildman–Crippen LogP) is 3.09. The fraction of sp³-hybridized carbons (Fsp3) is 0.636. The van der Waals surface area contributed by atoms with Crippen LogP contribution in [0, 0.1) is 0 Å². The van der Waals surface area contributed by atoms with Crippen molar-refractivity contribution in [3.8, 4) is 0 Å². The summed E-state index contributed by atoms with van der Waals surface area (Å²) in [7, 11) is 3.33. The lowest BCUT2D eigenvalue weighted by molar-refractivity contribution is -0.137. The first kappa shape index (κ1) is 25.0. The van der Waals surface area contributed by atoms with Gasteiger partial charge < -0.3 is 20.4 Å². The molecule has 1 aromatic carbocycles. The molecule has 1 aliphatic rings. The smallest absolute Gasteiger partial charge is 0.356 e. The van der Waals surface area contributed by atoms with Gasteiger partial charge >= 0.3 is 6.18 Å². The van der Waals surface area contributed by atoms with Gasteiger partial charge in [0.05, 0.1) is 18.7 Å². The summed E-state index contributed by atoms with van der Waals surface area (Å²) in [4.78, 5) is 20.2. The number of amides is 1. The molecule has 0 aromatic heterocycles. The van der Waals surface area contributed by atoms with Crippen LogP contribution in [0.25, 0.3) is 0 Å². The molecule has 1 amide bonds. The summed E-state index contributed by atoms with van der Waals surface area (Å²) >= 11 is 0. The lowest BCUT2D eigenvalue weighted by atomic mass is 10.0. The van der Waals surface area contributed by atoms with Gasteiger partial charge in [-0.3, -0.25) is 4.79 Å². The predicted molar refractivity (Wildman–Crippen MR) is 117 cm³/mol. The number of rotatable bonds is 8. The van der Waals surface area contributed by atoms with Crippen LogP contribution in [0.2, 0.25) is 0 Å². The average molecular weight is 442 g/mol. The molecule has 0 aliphatic carbocycles. The molecule has 174 valence electrons. The molecule has 6 nitrogen and oxygen atoms in total. The number of alkyl halides is 3. The largest absolute Gasteiger partial charge is 0.416 e. The molecule has 31 heavy (non-hydrogen) atoms. The van der Waals surface area contributed by atoms with Crippen LogP contribution in [0.3, 0.4) is 0 Å². The lowest BCUT2D eigenvalue weighted by Gasteiger charge is -2.33. The van der Waals surface area contributed by atoms with E-state index in [0.29, 0.717) is 24.1 Å². The SMILES string of the molecule is CC1CCCCN1CCCNC(=NCc1cccc(C(F)(F)F)c1)NCC(=O)N(C)C. The van der Waals surface area contributed by atoms with Crippen molar-refractivity contribution in [3.05, 3.63) is 35.4 Å². The number of likely N-dealkylation sites (N-methyl/N-ethyl adjacent to an activating group) is 1. The maximum atomic E-state index is 12.9. The van der Waals surface area contributed by atoms with Gasteiger partial charge in [-0.1, -0.05) is 18.6 Å². The molecule has 1 atom stereocenters. The molecule has 1 unspecified atom stereocenters. The number of nitrogens with zero attached hydrogens (tertiary/aromatic N) is 3. The maximum absolute atomic E-state index is 12.9. The van der Waals surface area contributed by atoms with Gasteiger partial charge in [-0.05, 0) is 50.4 Å². The van der Waals surface area contributed by atoms with Crippen LogP contribution in [0.15, 0.2) is 29.3 Å². The lowest BCUT2D eigenvalue weighted by Crippen LogP contribution is -2.44. The van der Waals surface area contributed by atoms with Crippen molar-refractivity contribution >= 4 is 11.9 Å². The number of guanidine groups is 1. The summed E-state index contributed by atoms with van der Waals surface area (Å²) < 4.78 is 38.8. The Morgan fingerprint density at radius 3 is 2.71 bits per heavy atom. The number of carbonyl (C=O) groups excluding carboxylic acids is 1. The van der Waals surface area contributed by atoms with Gasteiger partial charge in [0.25, 0.3) is 0 Å². The third kappa shape index (κ3) is 8.77. The second-order valence-electron chi connectivity index (χ2n) is 8.17. The van der Waals surface area contributed by atoms with Crippen molar-refractivity contribution in [2.24, 2.45) is 4.99 Å². The van der Waals surface area contributed by atoms with Gasteiger partial charge in [-0.15, -0.1) is 0 Å². The summed E-state index contributed by atoms with van der Waals surface area (Å²) in [5.41, 5.74) is -0.238. The Kier molecular flexibility index (Phi) is 9.61. The molecule has 0 saturated carbocycles. The van der Waals surface area contributed by atoms with E-state index in [0.717, 1.165) is 31.6 Å². The van der Waals surface area contributed by atoms with Crippen LogP contribution < -0.4 is 10.6 Å². The zero-order valence-electron chi connectivity index (χ0n) is 18.6. The molecule has 2 N–H and O–H groups in total. The highest BCUT2D eigenvalue weighted by molar-refractivity contribution is 5.86. The Labute approximate surface area is 182 Å². The molecule has 9 heteroatoms. The van der Waals surface area contributed by atoms with Crippen molar-refractivity contribution in [1.82, 2.24) is 20.4 Å². The van der Waals surface area contributed by atoms with E-state index in [1.54, 1.807) is 20.2 Å². The Balaban J connectivity index is 1.94. The molecule has 2 rings (SSSR count). The number of hydrogen-bond acceptors (Lipinski definition) is 3. The van der Waals surface area contributed by atoms with Gasteiger partial charge in [0.2, 0.25) is 5.91 Å². The zero-order valence-corrected chi connectivity index (χ0v) is 18.6. The number of aliphatic imine (C=N–C) groups is 1. The Morgan fingerprint density at radius 2 is 2.03 bits per heavy atom. The summed E-state index contributed by atoms with van der Waals surface area (Å²) in [5.74, 6) is 0.301. The number of piperidine rings is 1. The molecule has 1 aliphatic heterocycles. The molecule has 0 spiro atoms. The fourth-order valence-corrected chi connectivity index (χ4v) is 3.49. The summed E-state index contributed by atoms with van der Waals surface area (Å²) in [5, 5.41) is 6.18. The van der Waals surface area contributed by atoms with Crippen LogP contribution in [0.4, 0.5) is 13.2 Å². The van der Waals surface area contributed by atoms with Crippen LogP contribution in [-0.2, 0) is 17.5 Å². The van der Waals surface area contributed by atoms with Crippen LogP contribution in [0.1, 0.15) is 43.7 Å². The molecule has 0 bridgehead atoms. The van der Waals surface area contributed by atoms with Gasteiger partial charge in [0, 0.05) is 33.2 Å². The number of halogens is 3. The van der Waals surface area contributed by atoms with E-state index in [1.165, 1.54) is 30.2 Å². The molecular formula is C22H34F3N5O. The Hall–Kier alpha value is -2.29. The third-order valence-electron chi connectivity index (χ3n) is 5.44. The van der Waals surface area contributed by atoms with Crippen LogP contribution in [0.5, 0.6) is 0 Å². The number of carbonyl (C=O) groups is 1. The van der Waals surface area contributed by atoms with Crippen LogP contribution >= 0.6 is 0 Å². The molecule has 1 aromatic rings. The van der Waals surface area contributed by atoms with E-state index in [4.69, 9.17) is 0 Å². The molecule has 1 fully saturated rings. The van der Waals surface area contributed by atoms with Crippen LogP contribution in [-0.4, -0.2) is 68.0 Å². The number of nitrogens with one attached hydrogen (secondary N) is 2. The number of hydrogen-bond donors (Lipinski definition) is 2. The van der Waals surface area contributed by atoms with Gasteiger partial charge in [-0.2, -0.15) is 13.2 Å². The Bertz CT molecular complexity index is 736. The molecular weight excluding hydrogens is 407 g/mol. The summed E-state index contributed by atoms with van der Waals surface area (Å²) in [6, 6.07) is 5.73. The van der Waals surface area contributed by atoms with Gasteiger partial charge in [-0.25, -0.2) is 4.99 Å². The quantitative estimate of drug-likeness (QED) is 0.370. The first-order chi connectivity index (χ1) is 14.7. The van der Waals surface area contributed by atoms with Crippen molar-refractivity contribution < 1.29 is 18.0 Å². The first-order valence-electron chi connectivity index (χ1n) is 10.8. The summed E-state index contributed by atoms with van der Waals surface area (Å²) in [6.07, 6.45) is 0.270. The fourth-order valence-electron chi connectivity index (χ4n) is 3.49. The Morgan fingerprint density at radius 1 is 1.26 bits per heavy atom. The number of likely N-dealkylation sites (tertiary alicyclic amines) is 1. The molecule has 1 saturated heterocycles. The first-order valence-corrected chi connectivity index (χ1v) is 10.8. The second kappa shape index (κ2) is 11.9. The van der Waals surface area contributed by atoms with E-state index >= 15 is 0 Å². The highest BCUT2D eigenvalue weighted by Crippen LogP contribution is 2.29. The average Bonchev–Trinajstić information content (AvgIpc) is 2.73. The van der Waals surface area contributed by atoms with Gasteiger partial charge in [0.1, 0.15) is 0 Å². The van der Waals surface area contributed by atoms with E-state index in [9.17, 15) is 18.0 Å². The normalized spacial score (nSPS) is 18.0. The van der Waals surface area contributed by atoms with E-state index in [2.05, 4.69) is 27.4 Å². The third-order valence-corrected chi connectivity index (χ3v) is 5.44. The van der Waals surface area contributed by atoms with Gasteiger partial charge in [0.15, 0.2) is 5.96 Å². The van der Waals surface area contributed by atoms with Crippen molar-refractivity contribution in [2.45, 2.75) is 51.4 Å². The minimum Gasteiger partial charge on any atom is -0.356 e. The topological polar surface area (TPSA) is 60.0 Å². The van der Waals surface area contributed by atoms with Crippen molar-refractivity contribution in [1.29, 1.82) is 0 Å². The molecule has 1 heterocycles. The second-order valence-corrected chi connectivity index (χ2v) is 8.17. The summed E-state index contributed by atoms with van der Waals surface area (Å²) in [6.45, 7) is 5.15. The molecule has 0 radical (unpaired) electrons. The minimum atomic E-state index is -4.39. The van der Waals surface area contributed by atoms with E-state index in [-0.39, 0.29) is 19.0 Å². The maximum Gasteiger partial charge on any atom is 0.416 e. The van der Waals surface area contributed by atoms with Crippen molar-refractivity contribution in [3.63, 3.8) is 0 Å². The standard InChI is InChI=1S/C22H34F3N5O/c1-17-8-4-5-12-30(17)13-7-11-26-21(28-16-20(31)29(2)3)27-15-18-9-6-10-19(14-18)22(23,24)25/h6,9-10,14,17H,4-5,7-8,11-13,15-16H2,1-3H3,(H2,26,27,28). The highest BCUT2D eigenvalue weighted by atomic mass is 19.4. The van der Waals surface area contributed by atoms with E-state index < -0.39 is 11.7 Å². The highest BCUT2D eigenvalue weighted by Gasteiger charge is 2.30. The number of benzene rings is 1.